The van der Waals surface area contributed by atoms with Gasteiger partial charge >= 0.3 is 0 Å². The van der Waals surface area contributed by atoms with Gasteiger partial charge in [0.15, 0.2) is 0 Å². The molecule has 156 valence electrons. The lowest BCUT2D eigenvalue weighted by Gasteiger charge is -2.34. The first kappa shape index (κ1) is 20.5. The molecule has 2 aliphatic heterocycles. The lowest BCUT2D eigenvalue weighted by Crippen LogP contribution is -2.46. The molecule has 0 saturated carbocycles. The molecule has 0 atom stereocenters. The molecule has 0 radical (unpaired) electrons. The molecule has 1 saturated heterocycles. The predicted octanol–water partition coefficient (Wildman–Crippen LogP) is 2.16. The van der Waals surface area contributed by atoms with Crippen molar-refractivity contribution in [3.8, 4) is 0 Å². The van der Waals surface area contributed by atoms with Crippen LogP contribution in [0.25, 0.3) is 0 Å². The summed E-state index contributed by atoms with van der Waals surface area (Å²) in [5.74, 6) is 0. The monoisotopic (exact) mass is 415 g/mol. The van der Waals surface area contributed by atoms with Crippen LogP contribution in [0.5, 0.6) is 0 Å². The van der Waals surface area contributed by atoms with E-state index in [4.69, 9.17) is 4.74 Å². The highest BCUT2D eigenvalue weighted by Gasteiger charge is 2.30. The van der Waals surface area contributed by atoms with Crippen molar-refractivity contribution in [2.75, 3.05) is 46.4 Å². The molecule has 4 rings (SSSR count). The number of hydrogen-bond acceptors (Lipinski definition) is 5. The largest absolute Gasteiger partial charge is 0.383 e. The van der Waals surface area contributed by atoms with Gasteiger partial charge < -0.3 is 4.74 Å². The Labute approximate surface area is 173 Å². The molecule has 6 nitrogen and oxygen atoms in total. The minimum absolute atomic E-state index is 0.374. The number of rotatable bonds is 7. The Bertz CT molecular complexity index is 898. The molecule has 0 unspecified atom stereocenters. The van der Waals surface area contributed by atoms with Gasteiger partial charge in [-0.05, 0) is 28.8 Å². The van der Waals surface area contributed by atoms with Gasteiger partial charge in [0.25, 0.3) is 0 Å². The number of hydrogen-bond donors (Lipinski definition) is 0. The molecule has 0 spiro atoms. The lowest BCUT2D eigenvalue weighted by atomic mass is 10.1. The van der Waals surface area contributed by atoms with Gasteiger partial charge in [0, 0.05) is 59.5 Å². The highest BCUT2D eigenvalue weighted by molar-refractivity contribution is 7.89. The highest BCUT2D eigenvalue weighted by Crippen LogP contribution is 2.28. The first-order valence-corrected chi connectivity index (χ1v) is 11.6. The highest BCUT2D eigenvalue weighted by atomic mass is 32.2. The van der Waals surface area contributed by atoms with Crippen LogP contribution < -0.4 is 0 Å². The Morgan fingerprint density at radius 2 is 1.45 bits per heavy atom. The van der Waals surface area contributed by atoms with E-state index in [1.54, 1.807) is 23.5 Å². The number of piperazine rings is 1. The average Bonchev–Trinajstić information content (AvgIpc) is 3.19. The third-order valence-corrected chi connectivity index (χ3v) is 7.66. The molecule has 7 heteroatoms. The zero-order valence-corrected chi connectivity index (χ0v) is 17.8. The molecule has 0 N–H and O–H groups in total. The van der Waals surface area contributed by atoms with Gasteiger partial charge in [-0.2, -0.15) is 4.31 Å². The second kappa shape index (κ2) is 8.93. The van der Waals surface area contributed by atoms with E-state index in [0.717, 1.165) is 62.6 Å². The van der Waals surface area contributed by atoms with Crippen molar-refractivity contribution in [2.45, 2.75) is 24.5 Å². The van der Waals surface area contributed by atoms with E-state index in [9.17, 15) is 8.42 Å². The molecule has 0 aromatic heterocycles. The molecule has 0 bridgehead atoms. The number of benzene rings is 2. The summed E-state index contributed by atoms with van der Waals surface area (Å²) in [7, 11) is -1.73. The Balaban J connectivity index is 1.35. The molecule has 0 aliphatic carbocycles. The Hall–Kier alpha value is -1.77. The van der Waals surface area contributed by atoms with E-state index in [2.05, 4.69) is 9.80 Å². The second-order valence-corrected chi connectivity index (χ2v) is 9.73. The van der Waals surface area contributed by atoms with Crippen LogP contribution in [0.3, 0.4) is 0 Å². The van der Waals surface area contributed by atoms with Gasteiger partial charge in [-0.15, -0.1) is 0 Å². The van der Waals surface area contributed by atoms with Gasteiger partial charge in [0.05, 0.1) is 11.5 Å². The zero-order valence-electron chi connectivity index (χ0n) is 17.0. The van der Waals surface area contributed by atoms with Gasteiger partial charge in [0.1, 0.15) is 0 Å². The van der Waals surface area contributed by atoms with E-state index >= 15 is 0 Å². The fourth-order valence-electron chi connectivity index (χ4n) is 4.04. The maximum Gasteiger partial charge on any atom is 0.243 e. The van der Waals surface area contributed by atoms with Crippen LogP contribution in [0.15, 0.2) is 53.4 Å². The molecular formula is C22H29N3O3S. The number of methoxy groups -OCH3 is 1. The number of ether oxygens (including phenoxy) is 1. The maximum atomic E-state index is 13.0. The fraction of sp³-hybridized carbons (Fsp3) is 0.455. The van der Waals surface area contributed by atoms with E-state index < -0.39 is 10.0 Å². The quantitative estimate of drug-likeness (QED) is 0.694. The van der Waals surface area contributed by atoms with Gasteiger partial charge in [0.2, 0.25) is 10.0 Å². The van der Waals surface area contributed by atoms with Crippen LogP contribution in [-0.2, 0) is 34.4 Å². The summed E-state index contributed by atoms with van der Waals surface area (Å²) < 4.78 is 32.8. The van der Waals surface area contributed by atoms with Crippen molar-refractivity contribution >= 4 is 10.0 Å². The summed E-state index contributed by atoms with van der Waals surface area (Å²) in [4.78, 5) is 5.21. The van der Waals surface area contributed by atoms with Crippen molar-refractivity contribution in [1.29, 1.82) is 0 Å². The van der Waals surface area contributed by atoms with Crippen molar-refractivity contribution in [2.24, 2.45) is 0 Å². The summed E-state index contributed by atoms with van der Waals surface area (Å²) in [6, 6.07) is 15.3. The van der Waals surface area contributed by atoms with Crippen LogP contribution in [0.1, 0.15) is 16.7 Å². The first-order valence-electron chi connectivity index (χ1n) is 10.2. The van der Waals surface area contributed by atoms with Crippen molar-refractivity contribution < 1.29 is 13.2 Å². The van der Waals surface area contributed by atoms with Crippen molar-refractivity contribution in [3.05, 3.63) is 65.2 Å². The van der Waals surface area contributed by atoms with E-state index in [1.807, 2.05) is 36.4 Å². The van der Waals surface area contributed by atoms with Crippen LogP contribution in [-0.4, -0.2) is 69.0 Å². The standard InChI is InChI=1S/C22H29N3O3S/c1-28-15-14-23-10-12-24(13-11-23)16-19-6-8-22(9-7-19)29(26,27)25-17-20-4-2-3-5-21(20)18-25/h2-9H,10-18H2,1H3. The summed E-state index contributed by atoms with van der Waals surface area (Å²) in [6.07, 6.45) is 0. The smallest absolute Gasteiger partial charge is 0.243 e. The van der Waals surface area contributed by atoms with E-state index in [-0.39, 0.29) is 0 Å². The third kappa shape index (κ3) is 4.70. The molecule has 2 aliphatic rings. The average molecular weight is 416 g/mol. The van der Waals surface area contributed by atoms with Crippen LogP contribution >= 0.6 is 0 Å². The Morgan fingerprint density at radius 1 is 0.862 bits per heavy atom. The minimum Gasteiger partial charge on any atom is -0.383 e. The topological polar surface area (TPSA) is 53.1 Å². The summed E-state index contributed by atoms with van der Waals surface area (Å²) >= 11 is 0. The Kier molecular flexibility index (Phi) is 6.32. The van der Waals surface area contributed by atoms with Gasteiger partial charge in [-0.3, -0.25) is 9.80 Å². The lowest BCUT2D eigenvalue weighted by molar-refractivity contribution is 0.0938. The summed E-state index contributed by atoms with van der Waals surface area (Å²) in [5.41, 5.74) is 3.34. The maximum absolute atomic E-state index is 13.0. The van der Waals surface area contributed by atoms with E-state index in [1.165, 1.54) is 0 Å². The fourth-order valence-corrected chi connectivity index (χ4v) is 5.43. The number of fused-ring (bicyclic) bond motifs is 1. The normalized spacial score (nSPS) is 18.8. The van der Waals surface area contributed by atoms with Crippen LogP contribution in [0.2, 0.25) is 0 Å². The first-order chi connectivity index (χ1) is 14.1. The van der Waals surface area contributed by atoms with E-state index in [0.29, 0.717) is 18.0 Å². The molecule has 29 heavy (non-hydrogen) atoms. The third-order valence-electron chi connectivity index (χ3n) is 5.86. The molecule has 2 heterocycles. The van der Waals surface area contributed by atoms with Crippen LogP contribution in [0, 0.1) is 0 Å². The molecule has 2 aromatic rings. The SMILES string of the molecule is COCCN1CCN(Cc2ccc(S(=O)(=O)N3Cc4ccccc4C3)cc2)CC1. The predicted molar refractivity (Wildman–Crippen MR) is 113 cm³/mol. The Morgan fingerprint density at radius 3 is 2.03 bits per heavy atom. The summed E-state index contributed by atoms with van der Waals surface area (Å²) in [5, 5.41) is 0. The van der Waals surface area contributed by atoms with Crippen molar-refractivity contribution in [3.63, 3.8) is 0 Å². The molecule has 0 amide bonds. The molecule has 1 fully saturated rings. The second-order valence-electron chi connectivity index (χ2n) is 7.80. The molecule has 2 aromatic carbocycles. The zero-order chi connectivity index (χ0) is 20.3. The van der Waals surface area contributed by atoms with Crippen LogP contribution in [0.4, 0.5) is 0 Å². The number of sulfonamides is 1. The molecular weight excluding hydrogens is 386 g/mol. The van der Waals surface area contributed by atoms with Gasteiger partial charge in [-0.1, -0.05) is 36.4 Å². The van der Waals surface area contributed by atoms with Crippen molar-refractivity contribution in [1.82, 2.24) is 14.1 Å². The minimum atomic E-state index is -3.47. The number of nitrogens with zero attached hydrogens (tertiary/aromatic N) is 3. The van der Waals surface area contributed by atoms with Gasteiger partial charge in [-0.25, -0.2) is 8.42 Å². The summed E-state index contributed by atoms with van der Waals surface area (Å²) in [6.45, 7) is 7.66.